The first-order chi connectivity index (χ1) is 16.8. The number of hydrogen-bond donors (Lipinski definition) is 1. The van der Waals surface area contributed by atoms with Gasteiger partial charge in [0.1, 0.15) is 5.82 Å². The summed E-state index contributed by atoms with van der Waals surface area (Å²) in [4.78, 5) is 27.3. The highest BCUT2D eigenvalue weighted by Gasteiger charge is 2.44. The van der Waals surface area contributed by atoms with Crippen molar-refractivity contribution in [2.75, 3.05) is 7.11 Å². The van der Waals surface area contributed by atoms with Gasteiger partial charge in [-0.25, -0.2) is 4.39 Å². The molecule has 0 saturated heterocycles. The van der Waals surface area contributed by atoms with E-state index < -0.39 is 35.4 Å². The maximum absolute atomic E-state index is 13.9. The van der Waals surface area contributed by atoms with Gasteiger partial charge < -0.3 is 10.1 Å². The molecule has 2 unspecified atom stereocenters. The first-order valence-electron chi connectivity index (χ1n) is 11.6. The van der Waals surface area contributed by atoms with Crippen LogP contribution in [0.25, 0.3) is 0 Å². The zero-order valence-electron chi connectivity index (χ0n) is 20.4. The minimum absolute atomic E-state index is 0.0420. The summed E-state index contributed by atoms with van der Waals surface area (Å²) < 4.78 is 58.6. The lowest BCUT2D eigenvalue weighted by Gasteiger charge is -2.41. The molecule has 2 aliphatic rings. The smallest absolute Gasteiger partial charge is 0.376 e. The van der Waals surface area contributed by atoms with Crippen LogP contribution in [0.3, 0.4) is 0 Å². The number of hydrogen-bond acceptors (Lipinski definition) is 4. The highest BCUT2D eigenvalue weighted by atomic mass is 19.4. The molecule has 4 nitrogen and oxygen atoms in total. The second-order valence-electron chi connectivity index (χ2n) is 10.1. The van der Waals surface area contributed by atoms with Crippen molar-refractivity contribution in [2.45, 2.75) is 51.8 Å². The molecule has 190 valence electrons. The van der Waals surface area contributed by atoms with Crippen molar-refractivity contribution in [3.05, 3.63) is 93.6 Å². The summed E-state index contributed by atoms with van der Waals surface area (Å²) >= 11 is 0. The van der Waals surface area contributed by atoms with Crippen LogP contribution in [-0.4, -0.2) is 24.8 Å². The quantitative estimate of drug-likeness (QED) is 0.383. The van der Waals surface area contributed by atoms with E-state index in [1.807, 2.05) is 13.8 Å². The number of allylic oxidation sites excluding steroid dienone is 3. The van der Waals surface area contributed by atoms with Gasteiger partial charge in [0.05, 0.1) is 17.4 Å². The molecule has 0 saturated carbocycles. The van der Waals surface area contributed by atoms with E-state index in [-0.39, 0.29) is 28.8 Å². The number of Topliss-reactive ketones (excluding diaryl/α,β-unsaturated/α-hetero) is 2. The fourth-order valence-corrected chi connectivity index (χ4v) is 4.96. The van der Waals surface area contributed by atoms with Crippen molar-refractivity contribution < 1.29 is 31.9 Å². The van der Waals surface area contributed by atoms with Crippen LogP contribution in [0.2, 0.25) is 0 Å². The Kier molecular flexibility index (Phi) is 6.68. The average Bonchev–Trinajstić information content (AvgIpc) is 2.81. The lowest BCUT2D eigenvalue weighted by atomic mass is 9.67. The summed E-state index contributed by atoms with van der Waals surface area (Å²) in [5.74, 6) is -1.96. The van der Waals surface area contributed by atoms with Gasteiger partial charge in [-0.05, 0) is 48.6 Å². The molecule has 0 spiro atoms. The number of carbonyl (C=O) groups is 2. The van der Waals surface area contributed by atoms with Crippen LogP contribution < -0.4 is 5.32 Å². The first kappa shape index (κ1) is 25.8. The zero-order chi connectivity index (χ0) is 26.4. The van der Waals surface area contributed by atoms with Gasteiger partial charge in [-0.15, -0.1) is 0 Å². The van der Waals surface area contributed by atoms with E-state index in [2.05, 4.69) is 5.32 Å². The molecular formula is C28H27F4NO3. The van der Waals surface area contributed by atoms with Crippen molar-refractivity contribution in [1.82, 2.24) is 5.32 Å². The maximum atomic E-state index is 13.9. The Morgan fingerprint density at radius 3 is 2.22 bits per heavy atom. The van der Waals surface area contributed by atoms with Gasteiger partial charge >= 0.3 is 6.18 Å². The fourth-order valence-electron chi connectivity index (χ4n) is 4.96. The number of nitrogens with one attached hydrogen (secondary N) is 1. The molecular weight excluding hydrogens is 474 g/mol. The van der Waals surface area contributed by atoms with E-state index in [4.69, 9.17) is 4.74 Å². The third kappa shape index (κ3) is 4.87. The van der Waals surface area contributed by atoms with Gasteiger partial charge in [0.25, 0.3) is 0 Å². The molecule has 0 amide bonds. The summed E-state index contributed by atoms with van der Waals surface area (Å²) in [5.41, 5.74) is 1.12. The summed E-state index contributed by atoms with van der Waals surface area (Å²) in [6.45, 7) is 5.70. The number of rotatable bonds is 5. The SMILES string of the molecule is COC(C)C1=C(C(=O)c2ccc(C(F)(F)F)cc2)C(c2ccc(F)cc2)C2=C(CC(C)(C)CC2=O)N1. The average molecular weight is 502 g/mol. The molecule has 4 rings (SSSR count). The molecule has 1 aliphatic carbocycles. The van der Waals surface area contributed by atoms with E-state index in [0.717, 1.165) is 24.3 Å². The fraction of sp³-hybridized carbons (Fsp3) is 0.357. The van der Waals surface area contributed by atoms with Crippen LogP contribution in [0.1, 0.15) is 61.0 Å². The number of ether oxygens (including phenoxy) is 1. The lowest BCUT2D eigenvalue weighted by molar-refractivity contribution is -0.137. The molecule has 36 heavy (non-hydrogen) atoms. The molecule has 0 radical (unpaired) electrons. The molecule has 2 atom stereocenters. The predicted molar refractivity (Wildman–Crippen MR) is 127 cm³/mol. The molecule has 1 heterocycles. The summed E-state index contributed by atoms with van der Waals surface area (Å²) in [5, 5.41) is 3.28. The molecule has 0 aromatic heterocycles. The predicted octanol–water partition coefficient (Wildman–Crippen LogP) is 6.35. The van der Waals surface area contributed by atoms with Crippen LogP contribution in [0.5, 0.6) is 0 Å². The zero-order valence-corrected chi connectivity index (χ0v) is 20.4. The Labute approximate surface area is 207 Å². The number of dihydropyridines is 1. The van der Waals surface area contributed by atoms with Crippen molar-refractivity contribution in [3.63, 3.8) is 0 Å². The first-order valence-corrected chi connectivity index (χ1v) is 11.6. The standard InChI is InChI=1S/C28H27F4NO3/c1-15(36-4)25-24(26(35)17-5-9-18(10-6-17)28(30,31)32)22(16-7-11-19(29)12-8-16)23-20(33-25)13-27(2,3)14-21(23)34/h5-12,15,22,33H,13-14H2,1-4H3. The van der Waals surface area contributed by atoms with E-state index in [1.54, 1.807) is 6.92 Å². The molecule has 2 aromatic carbocycles. The van der Waals surface area contributed by atoms with E-state index in [1.165, 1.54) is 31.4 Å². The van der Waals surface area contributed by atoms with Gasteiger partial charge in [-0.1, -0.05) is 38.1 Å². The minimum atomic E-state index is -4.54. The Balaban J connectivity index is 1.92. The van der Waals surface area contributed by atoms with Gasteiger partial charge in [0, 0.05) is 41.9 Å². The molecule has 1 aliphatic heterocycles. The number of benzene rings is 2. The second kappa shape index (κ2) is 9.32. The van der Waals surface area contributed by atoms with Crippen LogP contribution in [0.4, 0.5) is 17.6 Å². The highest BCUT2D eigenvalue weighted by Crippen LogP contribution is 2.48. The number of carbonyl (C=O) groups excluding carboxylic acids is 2. The Morgan fingerprint density at radius 2 is 1.67 bits per heavy atom. The van der Waals surface area contributed by atoms with Crippen molar-refractivity contribution in [2.24, 2.45) is 5.41 Å². The van der Waals surface area contributed by atoms with Crippen LogP contribution in [-0.2, 0) is 15.7 Å². The molecule has 0 fully saturated rings. The number of ketones is 2. The molecule has 8 heteroatoms. The summed E-state index contributed by atoms with van der Waals surface area (Å²) in [6, 6.07) is 9.54. The minimum Gasteiger partial charge on any atom is -0.376 e. The highest BCUT2D eigenvalue weighted by molar-refractivity contribution is 6.13. The monoisotopic (exact) mass is 501 g/mol. The molecule has 0 bridgehead atoms. The van der Waals surface area contributed by atoms with Crippen LogP contribution in [0.15, 0.2) is 71.1 Å². The van der Waals surface area contributed by atoms with Gasteiger partial charge in [0.2, 0.25) is 0 Å². The maximum Gasteiger partial charge on any atom is 0.416 e. The molecule has 2 aromatic rings. The van der Waals surface area contributed by atoms with Crippen molar-refractivity contribution in [3.8, 4) is 0 Å². The third-order valence-corrected chi connectivity index (χ3v) is 6.76. The molecule has 1 N–H and O–H groups in total. The Hall–Kier alpha value is -3.26. The lowest BCUT2D eigenvalue weighted by Crippen LogP contribution is -2.41. The Bertz CT molecular complexity index is 1260. The normalized spacial score (nSPS) is 20.7. The van der Waals surface area contributed by atoms with Gasteiger partial charge in [0.15, 0.2) is 11.6 Å². The number of halogens is 4. The third-order valence-electron chi connectivity index (χ3n) is 6.76. The van der Waals surface area contributed by atoms with Crippen LogP contribution in [0, 0.1) is 11.2 Å². The van der Waals surface area contributed by atoms with Gasteiger partial charge in [-0.2, -0.15) is 13.2 Å². The topological polar surface area (TPSA) is 55.4 Å². The largest absolute Gasteiger partial charge is 0.416 e. The summed E-state index contributed by atoms with van der Waals surface area (Å²) in [6.07, 6.45) is -4.31. The van der Waals surface area contributed by atoms with E-state index >= 15 is 0 Å². The Morgan fingerprint density at radius 1 is 1.06 bits per heavy atom. The summed E-state index contributed by atoms with van der Waals surface area (Å²) in [7, 11) is 1.48. The number of methoxy groups -OCH3 is 1. The van der Waals surface area contributed by atoms with Crippen molar-refractivity contribution in [1.29, 1.82) is 0 Å². The number of alkyl halides is 3. The van der Waals surface area contributed by atoms with Crippen LogP contribution >= 0.6 is 0 Å². The second-order valence-corrected chi connectivity index (χ2v) is 10.1. The van der Waals surface area contributed by atoms with Crippen molar-refractivity contribution >= 4 is 11.6 Å². The van der Waals surface area contributed by atoms with E-state index in [9.17, 15) is 27.2 Å². The van der Waals surface area contributed by atoms with Gasteiger partial charge in [-0.3, -0.25) is 9.59 Å². The van der Waals surface area contributed by atoms with E-state index in [0.29, 0.717) is 29.0 Å².